The van der Waals surface area contributed by atoms with Gasteiger partial charge in [-0.05, 0) is 6.92 Å². The molecule has 0 spiro atoms. The van der Waals surface area contributed by atoms with E-state index < -0.39 is 6.23 Å². The van der Waals surface area contributed by atoms with E-state index in [0.29, 0.717) is 6.47 Å². The van der Waals surface area contributed by atoms with Crippen LogP contribution in [0.25, 0.3) is 0 Å². The van der Waals surface area contributed by atoms with Gasteiger partial charge in [0.15, 0.2) is 0 Å². The van der Waals surface area contributed by atoms with Crippen LogP contribution in [0.5, 0.6) is 0 Å². The molecule has 0 aromatic rings. The molecular weight excluding hydrogens is 82.0 g/mol. The van der Waals surface area contributed by atoms with Crippen LogP contribution >= 0.6 is 0 Å². The average molecular weight is 89.1 g/mol. The molecule has 2 N–H and O–H groups in total. The summed E-state index contributed by atoms with van der Waals surface area (Å²) in [6, 6.07) is 0. The van der Waals surface area contributed by atoms with Crippen LogP contribution in [0, 0.1) is 0 Å². The van der Waals surface area contributed by atoms with E-state index in [0.717, 1.165) is 0 Å². The van der Waals surface area contributed by atoms with E-state index in [4.69, 9.17) is 5.73 Å². The molecule has 0 aliphatic carbocycles. The van der Waals surface area contributed by atoms with Crippen molar-refractivity contribution in [2.45, 2.75) is 13.2 Å². The van der Waals surface area contributed by atoms with Crippen molar-refractivity contribution in [1.82, 2.24) is 0 Å². The van der Waals surface area contributed by atoms with Gasteiger partial charge in [0.25, 0.3) is 6.47 Å². The topological polar surface area (TPSA) is 52.3 Å². The van der Waals surface area contributed by atoms with Crippen molar-refractivity contribution in [2.75, 3.05) is 0 Å². The van der Waals surface area contributed by atoms with Crippen LogP contribution in [0.1, 0.15) is 6.92 Å². The Bertz CT molecular complexity index is 44.1. The fraction of sp³-hybridized carbons (Fsp3) is 0.667. The highest BCUT2D eigenvalue weighted by Gasteiger charge is 1.83. The molecule has 1 atom stereocenters. The molecule has 0 aliphatic heterocycles. The van der Waals surface area contributed by atoms with E-state index in [1.54, 1.807) is 6.92 Å². The molecule has 0 rings (SSSR count). The van der Waals surface area contributed by atoms with E-state index in [9.17, 15) is 4.79 Å². The molecule has 0 bridgehead atoms. The number of rotatable bonds is 2. The first-order valence-corrected chi connectivity index (χ1v) is 1.62. The van der Waals surface area contributed by atoms with E-state index in [-0.39, 0.29) is 0 Å². The monoisotopic (exact) mass is 89.0 g/mol. The average Bonchev–Trinajstić information content (AvgIpc) is 1.35. The molecule has 0 aliphatic rings. The molecule has 0 saturated carbocycles. The second-order valence-corrected chi connectivity index (χ2v) is 0.937. The van der Waals surface area contributed by atoms with Crippen LogP contribution in [0.4, 0.5) is 0 Å². The van der Waals surface area contributed by atoms with Crippen LogP contribution in [-0.2, 0) is 9.53 Å². The lowest BCUT2D eigenvalue weighted by atomic mass is 10.7. The summed E-state index contributed by atoms with van der Waals surface area (Å²) < 4.78 is 4.14. The van der Waals surface area contributed by atoms with Gasteiger partial charge in [0.2, 0.25) is 0 Å². The normalized spacial score (nSPS) is 13.0. The highest BCUT2D eigenvalue weighted by molar-refractivity contribution is 5.37. The van der Waals surface area contributed by atoms with E-state index in [1.165, 1.54) is 0 Å². The Hall–Kier alpha value is -0.570. The summed E-state index contributed by atoms with van der Waals surface area (Å²) in [7, 11) is 0. The summed E-state index contributed by atoms with van der Waals surface area (Å²) in [5.74, 6) is 0. The molecule has 36 valence electrons. The van der Waals surface area contributed by atoms with Crippen LogP contribution < -0.4 is 5.73 Å². The van der Waals surface area contributed by atoms with E-state index >= 15 is 0 Å². The van der Waals surface area contributed by atoms with Crippen molar-refractivity contribution < 1.29 is 9.53 Å². The van der Waals surface area contributed by atoms with Crippen LogP contribution in [-0.4, -0.2) is 12.7 Å². The summed E-state index contributed by atoms with van der Waals surface area (Å²) in [6.07, 6.45) is -0.470. The Morgan fingerprint density at radius 1 is 2.00 bits per heavy atom. The third-order valence-electron chi connectivity index (χ3n) is 0.270. The molecule has 0 aromatic carbocycles. The third-order valence-corrected chi connectivity index (χ3v) is 0.270. The second-order valence-electron chi connectivity index (χ2n) is 0.937. The largest absolute Gasteiger partial charge is 0.449 e. The van der Waals surface area contributed by atoms with Gasteiger partial charge in [0, 0.05) is 0 Å². The van der Waals surface area contributed by atoms with Gasteiger partial charge in [-0.3, -0.25) is 10.5 Å². The molecule has 0 aromatic heterocycles. The maximum atomic E-state index is 9.31. The zero-order valence-electron chi connectivity index (χ0n) is 3.55. The molecule has 0 amide bonds. The van der Waals surface area contributed by atoms with Crippen molar-refractivity contribution in [3.05, 3.63) is 0 Å². The molecular formula is C3H7NO2. The number of carbonyl (C=O) groups is 1. The summed E-state index contributed by atoms with van der Waals surface area (Å²) >= 11 is 0. The Labute approximate surface area is 36.1 Å². The van der Waals surface area contributed by atoms with Crippen molar-refractivity contribution in [3.63, 3.8) is 0 Å². The smallest absolute Gasteiger partial charge is 0.294 e. The van der Waals surface area contributed by atoms with Crippen LogP contribution in [0.2, 0.25) is 0 Å². The van der Waals surface area contributed by atoms with Gasteiger partial charge in [-0.1, -0.05) is 0 Å². The van der Waals surface area contributed by atoms with E-state index in [1.807, 2.05) is 0 Å². The van der Waals surface area contributed by atoms with Crippen molar-refractivity contribution in [3.8, 4) is 0 Å². The molecule has 0 unspecified atom stereocenters. The molecule has 0 heterocycles. The SMILES string of the molecule is C[C@H](N)OC=O. The fourth-order valence-electron chi connectivity index (χ4n) is 0.0876. The van der Waals surface area contributed by atoms with Crippen molar-refractivity contribution in [1.29, 1.82) is 0 Å². The highest BCUT2D eigenvalue weighted by atomic mass is 16.5. The first-order valence-electron chi connectivity index (χ1n) is 1.62. The van der Waals surface area contributed by atoms with Gasteiger partial charge < -0.3 is 4.74 Å². The first-order chi connectivity index (χ1) is 2.77. The summed E-state index contributed by atoms with van der Waals surface area (Å²) in [5, 5.41) is 0. The molecule has 3 nitrogen and oxygen atoms in total. The van der Waals surface area contributed by atoms with Crippen molar-refractivity contribution in [2.24, 2.45) is 5.73 Å². The van der Waals surface area contributed by atoms with E-state index in [2.05, 4.69) is 4.74 Å². The number of carbonyl (C=O) groups excluding carboxylic acids is 1. The minimum atomic E-state index is -0.470. The fourth-order valence-corrected chi connectivity index (χ4v) is 0.0876. The third kappa shape index (κ3) is 3.43. The Morgan fingerprint density at radius 3 is 2.50 bits per heavy atom. The minimum Gasteiger partial charge on any atom is -0.449 e. The van der Waals surface area contributed by atoms with Gasteiger partial charge in [-0.15, -0.1) is 0 Å². The number of hydrogen-bond acceptors (Lipinski definition) is 3. The number of nitrogens with two attached hydrogens (primary N) is 1. The molecule has 0 radical (unpaired) electrons. The quantitative estimate of drug-likeness (QED) is 0.365. The van der Waals surface area contributed by atoms with Crippen LogP contribution in [0.3, 0.4) is 0 Å². The minimum absolute atomic E-state index is 0.324. The summed E-state index contributed by atoms with van der Waals surface area (Å²) in [4.78, 5) is 9.31. The van der Waals surface area contributed by atoms with Gasteiger partial charge >= 0.3 is 0 Å². The second kappa shape index (κ2) is 2.66. The van der Waals surface area contributed by atoms with Gasteiger partial charge in [0.1, 0.15) is 6.23 Å². The lowest BCUT2D eigenvalue weighted by molar-refractivity contribution is -0.132. The summed E-state index contributed by atoms with van der Waals surface area (Å²) in [5.41, 5.74) is 4.95. The number of ether oxygens (including phenoxy) is 1. The maximum absolute atomic E-state index is 9.31. The molecule has 0 saturated heterocycles. The zero-order chi connectivity index (χ0) is 4.99. The van der Waals surface area contributed by atoms with Crippen molar-refractivity contribution >= 4 is 6.47 Å². The zero-order valence-corrected chi connectivity index (χ0v) is 3.55. The number of hydrogen-bond donors (Lipinski definition) is 1. The lowest BCUT2D eigenvalue weighted by Gasteiger charge is -1.96. The predicted molar refractivity (Wildman–Crippen MR) is 20.8 cm³/mol. The molecule has 3 heteroatoms. The standard InChI is InChI=1S/C3H7NO2/c1-3(4)6-2-5/h2-3H,4H2,1H3/t3-/m1/s1. The van der Waals surface area contributed by atoms with Gasteiger partial charge in [0.05, 0.1) is 0 Å². The summed E-state index contributed by atoms with van der Waals surface area (Å²) in [6.45, 7) is 1.90. The predicted octanol–water partition coefficient (Wildman–Crippen LogP) is -0.536. The lowest BCUT2D eigenvalue weighted by Crippen LogP contribution is -2.17. The van der Waals surface area contributed by atoms with Gasteiger partial charge in [-0.25, -0.2) is 0 Å². The van der Waals surface area contributed by atoms with Crippen LogP contribution in [0.15, 0.2) is 0 Å². The maximum Gasteiger partial charge on any atom is 0.294 e. The Morgan fingerprint density at radius 2 is 2.50 bits per heavy atom. The molecule has 6 heavy (non-hydrogen) atoms. The van der Waals surface area contributed by atoms with Gasteiger partial charge in [-0.2, -0.15) is 0 Å². The first kappa shape index (κ1) is 5.43. The highest BCUT2D eigenvalue weighted by Crippen LogP contribution is 1.68. The Balaban J connectivity index is 2.81. The Kier molecular flexibility index (Phi) is 2.40. The molecule has 0 fully saturated rings.